The molecule has 6 heteroatoms. The van der Waals surface area contributed by atoms with Crippen LogP contribution in [0.4, 0.5) is 5.69 Å². The van der Waals surface area contributed by atoms with E-state index in [4.69, 9.17) is 9.47 Å². The Hall–Kier alpha value is -1.79. The Morgan fingerprint density at radius 1 is 1.37 bits per heavy atom. The first-order valence-corrected chi connectivity index (χ1v) is 10.2. The van der Waals surface area contributed by atoms with E-state index < -0.39 is 0 Å². The number of hydrogen-bond acceptors (Lipinski definition) is 4. The monoisotopic (exact) mass is 374 g/mol. The van der Waals surface area contributed by atoms with Gasteiger partial charge in [-0.05, 0) is 42.9 Å². The number of guanidine groups is 1. The first-order valence-electron chi connectivity index (χ1n) is 10.2. The molecular formula is C21H34N4O2. The summed E-state index contributed by atoms with van der Waals surface area (Å²) in [6.45, 7) is 6.13. The zero-order valence-corrected chi connectivity index (χ0v) is 16.8. The molecule has 1 unspecified atom stereocenters. The minimum atomic E-state index is 0.587. The molecule has 0 aromatic heterocycles. The lowest BCUT2D eigenvalue weighted by Gasteiger charge is -2.28. The van der Waals surface area contributed by atoms with Gasteiger partial charge >= 0.3 is 0 Å². The van der Waals surface area contributed by atoms with Gasteiger partial charge in [0.25, 0.3) is 0 Å². The molecule has 0 bridgehead atoms. The number of hydrogen-bond donors (Lipinski definition) is 2. The van der Waals surface area contributed by atoms with Gasteiger partial charge in [0, 0.05) is 58.5 Å². The number of anilines is 1. The van der Waals surface area contributed by atoms with Crippen LogP contribution >= 0.6 is 0 Å². The zero-order chi connectivity index (χ0) is 18.9. The molecule has 0 spiro atoms. The average Bonchev–Trinajstić information content (AvgIpc) is 3.20. The van der Waals surface area contributed by atoms with Gasteiger partial charge < -0.3 is 25.0 Å². The molecular weight excluding hydrogens is 340 g/mol. The van der Waals surface area contributed by atoms with Crippen LogP contribution in [0.15, 0.2) is 23.2 Å². The molecule has 2 heterocycles. The number of fused-ring (bicyclic) bond motifs is 1. The molecule has 1 saturated heterocycles. The topological polar surface area (TPSA) is 58.1 Å². The molecule has 1 fully saturated rings. The van der Waals surface area contributed by atoms with E-state index in [1.165, 1.54) is 29.7 Å². The average molecular weight is 375 g/mol. The second-order valence-corrected chi connectivity index (χ2v) is 7.50. The van der Waals surface area contributed by atoms with Crippen LogP contribution in [0, 0.1) is 5.92 Å². The highest BCUT2D eigenvalue weighted by molar-refractivity contribution is 5.79. The Labute approximate surface area is 163 Å². The third kappa shape index (κ3) is 6.11. The fourth-order valence-corrected chi connectivity index (χ4v) is 3.70. The van der Waals surface area contributed by atoms with Crippen molar-refractivity contribution >= 4 is 11.6 Å². The molecule has 0 radical (unpaired) electrons. The summed E-state index contributed by atoms with van der Waals surface area (Å²) in [7, 11) is 3.99. The summed E-state index contributed by atoms with van der Waals surface area (Å²) in [5.74, 6) is 1.43. The van der Waals surface area contributed by atoms with Crippen LogP contribution in [0.3, 0.4) is 0 Å². The van der Waals surface area contributed by atoms with Crippen molar-refractivity contribution < 1.29 is 9.47 Å². The number of nitrogens with one attached hydrogen (secondary N) is 2. The maximum absolute atomic E-state index is 5.74. The van der Waals surface area contributed by atoms with Gasteiger partial charge in [-0.3, -0.25) is 4.99 Å². The van der Waals surface area contributed by atoms with Crippen molar-refractivity contribution in [3.05, 3.63) is 29.3 Å². The zero-order valence-electron chi connectivity index (χ0n) is 16.8. The fourth-order valence-electron chi connectivity index (χ4n) is 3.70. The molecule has 0 saturated carbocycles. The van der Waals surface area contributed by atoms with E-state index in [0.717, 1.165) is 64.9 Å². The van der Waals surface area contributed by atoms with E-state index in [1.807, 2.05) is 7.05 Å². The van der Waals surface area contributed by atoms with Gasteiger partial charge in [0.2, 0.25) is 0 Å². The Morgan fingerprint density at radius 2 is 2.30 bits per heavy atom. The maximum atomic E-state index is 5.74. The third-order valence-corrected chi connectivity index (χ3v) is 5.31. The number of nitrogens with zero attached hydrogens (tertiary/aromatic N) is 2. The van der Waals surface area contributed by atoms with Crippen molar-refractivity contribution in [1.82, 2.24) is 10.6 Å². The van der Waals surface area contributed by atoms with Crippen molar-refractivity contribution in [2.75, 3.05) is 58.5 Å². The van der Waals surface area contributed by atoms with E-state index >= 15 is 0 Å². The predicted molar refractivity (Wildman–Crippen MR) is 111 cm³/mol. The highest BCUT2D eigenvalue weighted by atomic mass is 16.5. The number of aliphatic imine (C=N–C) groups is 1. The normalized spacial score (nSPS) is 19.9. The van der Waals surface area contributed by atoms with Crippen LogP contribution in [-0.2, 0) is 22.4 Å². The van der Waals surface area contributed by atoms with Crippen molar-refractivity contribution in [3.8, 4) is 0 Å². The highest BCUT2D eigenvalue weighted by Gasteiger charge is 2.15. The molecule has 0 aliphatic carbocycles. The molecule has 3 rings (SSSR count). The van der Waals surface area contributed by atoms with Gasteiger partial charge in [0.05, 0.1) is 13.2 Å². The molecule has 2 N–H and O–H groups in total. The van der Waals surface area contributed by atoms with Crippen molar-refractivity contribution in [1.29, 1.82) is 0 Å². The van der Waals surface area contributed by atoms with Gasteiger partial charge in [-0.1, -0.05) is 12.1 Å². The second kappa shape index (κ2) is 10.5. The molecule has 2 aliphatic rings. The Morgan fingerprint density at radius 3 is 3.11 bits per heavy atom. The number of ether oxygens (including phenoxy) is 2. The van der Waals surface area contributed by atoms with Crippen LogP contribution in [0.2, 0.25) is 0 Å². The first-order chi connectivity index (χ1) is 13.3. The Kier molecular flexibility index (Phi) is 7.78. The SMILES string of the molecule is CN=C(NCCCOCC1CCOC1)NCc1ccc2c(c1)CCCN2C. The summed E-state index contributed by atoms with van der Waals surface area (Å²) in [4.78, 5) is 6.66. The van der Waals surface area contributed by atoms with Crippen molar-refractivity contribution in [2.24, 2.45) is 10.9 Å². The molecule has 6 nitrogen and oxygen atoms in total. The minimum Gasteiger partial charge on any atom is -0.381 e. The lowest BCUT2D eigenvalue weighted by molar-refractivity contribution is 0.0888. The maximum Gasteiger partial charge on any atom is 0.191 e. The van der Waals surface area contributed by atoms with Crippen LogP contribution in [0.1, 0.15) is 30.4 Å². The summed E-state index contributed by atoms with van der Waals surface area (Å²) >= 11 is 0. The second-order valence-electron chi connectivity index (χ2n) is 7.50. The molecule has 27 heavy (non-hydrogen) atoms. The first kappa shape index (κ1) is 20.0. The van der Waals surface area contributed by atoms with E-state index in [2.05, 4.69) is 45.8 Å². The molecule has 2 aliphatic heterocycles. The van der Waals surface area contributed by atoms with Gasteiger partial charge in [0.15, 0.2) is 5.96 Å². The lowest BCUT2D eigenvalue weighted by Crippen LogP contribution is -2.37. The van der Waals surface area contributed by atoms with E-state index in [1.54, 1.807) is 0 Å². The van der Waals surface area contributed by atoms with Crippen LogP contribution in [0.5, 0.6) is 0 Å². The fraction of sp³-hybridized carbons (Fsp3) is 0.667. The summed E-state index contributed by atoms with van der Waals surface area (Å²) in [6.07, 6.45) is 4.51. The van der Waals surface area contributed by atoms with Gasteiger partial charge in [0.1, 0.15) is 0 Å². The highest BCUT2D eigenvalue weighted by Crippen LogP contribution is 2.26. The van der Waals surface area contributed by atoms with Crippen LogP contribution in [-0.4, -0.2) is 59.6 Å². The molecule has 0 amide bonds. The Bertz CT molecular complexity index is 614. The number of rotatable bonds is 8. The quantitative estimate of drug-likeness (QED) is 0.415. The minimum absolute atomic E-state index is 0.587. The standard InChI is InChI=1S/C21H34N4O2/c1-22-21(23-9-4-11-26-15-18-8-12-27-16-18)24-14-17-6-7-20-19(13-17)5-3-10-25(20)2/h6-7,13,18H,3-5,8-12,14-16H2,1-2H3,(H2,22,23,24). The molecule has 1 atom stereocenters. The molecule has 1 aromatic rings. The largest absolute Gasteiger partial charge is 0.381 e. The third-order valence-electron chi connectivity index (χ3n) is 5.31. The van der Waals surface area contributed by atoms with E-state index in [9.17, 15) is 0 Å². The van der Waals surface area contributed by atoms with Gasteiger partial charge in [-0.2, -0.15) is 0 Å². The predicted octanol–water partition coefficient (Wildman–Crippen LogP) is 2.18. The molecule has 150 valence electrons. The summed E-state index contributed by atoms with van der Waals surface area (Å²) < 4.78 is 11.1. The van der Waals surface area contributed by atoms with Gasteiger partial charge in [-0.25, -0.2) is 0 Å². The summed E-state index contributed by atoms with van der Waals surface area (Å²) in [6, 6.07) is 6.78. The Balaban J connectivity index is 1.33. The number of aryl methyl sites for hydroxylation is 1. The van der Waals surface area contributed by atoms with Crippen molar-refractivity contribution in [3.63, 3.8) is 0 Å². The number of benzene rings is 1. The molecule has 1 aromatic carbocycles. The van der Waals surface area contributed by atoms with Crippen molar-refractivity contribution in [2.45, 2.75) is 32.2 Å². The van der Waals surface area contributed by atoms with Gasteiger partial charge in [-0.15, -0.1) is 0 Å². The van der Waals surface area contributed by atoms with Crippen LogP contribution in [0.25, 0.3) is 0 Å². The van der Waals surface area contributed by atoms with E-state index in [0.29, 0.717) is 5.92 Å². The summed E-state index contributed by atoms with van der Waals surface area (Å²) in [5, 5.41) is 6.77. The lowest BCUT2D eigenvalue weighted by atomic mass is 9.99. The smallest absolute Gasteiger partial charge is 0.191 e. The summed E-state index contributed by atoms with van der Waals surface area (Å²) in [5.41, 5.74) is 4.13. The van der Waals surface area contributed by atoms with E-state index in [-0.39, 0.29) is 0 Å². The van der Waals surface area contributed by atoms with Crippen LogP contribution < -0.4 is 15.5 Å².